The van der Waals surface area contributed by atoms with Gasteiger partial charge < -0.3 is 30.0 Å². The molecule has 0 radical (unpaired) electrons. The van der Waals surface area contributed by atoms with Crippen molar-refractivity contribution in [2.24, 2.45) is 11.5 Å². The molecule has 4 rings (SSSR count). The Kier molecular flexibility index (Phi) is 11.5. The van der Waals surface area contributed by atoms with Crippen molar-refractivity contribution in [1.29, 1.82) is 10.5 Å². The Hall–Kier alpha value is -4.35. The monoisotopic (exact) mass is 689 g/mol. The molecule has 0 atom stereocenters. The number of aryl methyl sites for hydroxylation is 1. The van der Waals surface area contributed by atoms with Crippen LogP contribution in [0.2, 0.25) is 0 Å². The summed E-state index contributed by atoms with van der Waals surface area (Å²) in [5, 5.41) is 18.3. The lowest BCUT2D eigenvalue weighted by molar-refractivity contribution is 0.256. The largest absolute Gasteiger partial charge is 0.490 e. The molecule has 5 N–H and O–H groups in total. The van der Waals surface area contributed by atoms with Gasteiger partial charge in [0, 0.05) is 5.39 Å². The second-order valence-electron chi connectivity index (χ2n) is 9.47. The van der Waals surface area contributed by atoms with E-state index in [2.05, 4.69) is 14.7 Å². The predicted octanol–water partition coefficient (Wildman–Crippen LogP) is 3.92. The number of halogens is 1. The first-order chi connectivity index (χ1) is 22.0. The van der Waals surface area contributed by atoms with E-state index in [1.54, 1.807) is 0 Å². The number of hydrogen-bond acceptors (Lipinski definition) is 14. The summed E-state index contributed by atoms with van der Waals surface area (Å²) in [7, 11) is -8.84. The highest BCUT2D eigenvalue weighted by Gasteiger charge is 2.34. The molecule has 0 aliphatic rings. The summed E-state index contributed by atoms with van der Waals surface area (Å²) in [6, 6.07) is 10.4. The van der Waals surface area contributed by atoms with Crippen LogP contribution in [0, 0.1) is 35.4 Å². The van der Waals surface area contributed by atoms with Crippen LogP contribution in [-0.2, 0) is 14.6 Å². The number of nitrogens with two attached hydrogens (primary N) is 2. The van der Waals surface area contributed by atoms with Gasteiger partial charge in [0.25, 0.3) is 10.0 Å². The van der Waals surface area contributed by atoms with Crippen molar-refractivity contribution in [3.63, 3.8) is 0 Å². The summed E-state index contributed by atoms with van der Waals surface area (Å²) in [4.78, 5) is 7.71. The van der Waals surface area contributed by atoms with E-state index in [1.807, 2.05) is 12.1 Å². The van der Waals surface area contributed by atoms with Gasteiger partial charge in [-0.2, -0.15) is 15.2 Å². The van der Waals surface area contributed by atoms with Crippen molar-refractivity contribution in [2.45, 2.75) is 24.0 Å². The molecule has 3 heterocycles. The lowest BCUT2D eigenvalue weighted by Gasteiger charge is -2.20. The number of nitrogens with zero attached hydrogens (tertiary/aromatic N) is 4. The molecule has 14 nitrogen and oxygen atoms in total. The third-order valence-corrected chi connectivity index (χ3v) is 11.2. The molecule has 0 fully saturated rings. The van der Waals surface area contributed by atoms with Gasteiger partial charge in [-0.3, -0.25) is 0 Å². The summed E-state index contributed by atoms with van der Waals surface area (Å²) in [6.45, 7) is 2.47. The van der Waals surface area contributed by atoms with Crippen LogP contribution in [0.5, 0.6) is 23.0 Å². The Morgan fingerprint density at radius 1 is 0.978 bits per heavy atom. The number of nitriles is 2. The van der Waals surface area contributed by atoms with Crippen LogP contribution in [-0.4, -0.2) is 51.0 Å². The zero-order valence-electron chi connectivity index (χ0n) is 24.4. The lowest BCUT2D eigenvalue weighted by Crippen LogP contribution is -2.27. The molecule has 242 valence electrons. The molecule has 0 saturated heterocycles. The fraction of sp³-hybridized carbons (Fsp3) is 0.286. The summed E-state index contributed by atoms with van der Waals surface area (Å²) >= 11 is 0.656. The first-order valence-electron chi connectivity index (χ1n) is 13.7. The van der Waals surface area contributed by atoms with E-state index in [1.165, 1.54) is 37.3 Å². The van der Waals surface area contributed by atoms with Crippen molar-refractivity contribution < 1.29 is 35.9 Å². The second-order valence-corrected chi connectivity index (χ2v) is 14.4. The average Bonchev–Trinajstić information content (AvgIpc) is 3.39. The van der Waals surface area contributed by atoms with E-state index in [0.29, 0.717) is 37.3 Å². The number of pyridine rings is 2. The molecular weight excluding hydrogens is 660 g/mol. The van der Waals surface area contributed by atoms with Gasteiger partial charge in [-0.05, 0) is 68.8 Å². The van der Waals surface area contributed by atoms with Gasteiger partial charge in [-0.1, -0.05) is 0 Å². The van der Waals surface area contributed by atoms with E-state index in [9.17, 15) is 13.0 Å². The maximum atomic E-state index is 15.8. The average molecular weight is 690 g/mol. The Bertz CT molecular complexity index is 1860. The lowest BCUT2D eigenvalue weighted by atomic mass is 10.1. The molecule has 0 bridgehead atoms. The number of fused-ring (bicyclic) bond motifs is 1. The maximum Gasteiger partial charge on any atom is 0.445 e. The summed E-state index contributed by atoms with van der Waals surface area (Å²) in [6.07, 6.45) is 2.33. The molecular formula is C28H29FN7O7PS2. The number of rotatable bonds is 16. The zero-order chi connectivity index (χ0) is 33.3. The van der Waals surface area contributed by atoms with Gasteiger partial charge in [-0.15, -0.1) is 11.3 Å². The van der Waals surface area contributed by atoms with Crippen molar-refractivity contribution in [2.75, 3.05) is 32.6 Å². The molecule has 0 spiro atoms. The Morgan fingerprint density at radius 3 is 2.04 bits per heavy atom. The molecule has 0 aliphatic heterocycles. The minimum Gasteiger partial charge on any atom is -0.490 e. The minimum atomic E-state index is -4.44. The van der Waals surface area contributed by atoms with E-state index in [0.717, 1.165) is 12.4 Å². The zero-order valence-corrected chi connectivity index (χ0v) is 27.0. The topological polar surface area (TPSA) is 226 Å². The number of benzene rings is 1. The molecule has 4 aromatic rings. The van der Waals surface area contributed by atoms with Gasteiger partial charge in [0.15, 0.2) is 17.3 Å². The smallest absolute Gasteiger partial charge is 0.445 e. The first kappa shape index (κ1) is 34.5. The van der Waals surface area contributed by atoms with E-state index >= 15 is 4.39 Å². The number of sulfonamides is 1. The van der Waals surface area contributed by atoms with Crippen LogP contribution in [0.25, 0.3) is 10.1 Å². The summed E-state index contributed by atoms with van der Waals surface area (Å²) in [5.74, 6) is -1.04. The van der Waals surface area contributed by atoms with E-state index < -0.39 is 29.7 Å². The molecule has 3 aromatic heterocycles. The molecule has 0 unspecified atom stereocenters. The van der Waals surface area contributed by atoms with Crippen LogP contribution in [0.3, 0.4) is 0 Å². The second kappa shape index (κ2) is 15.3. The van der Waals surface area contributed by atoms with Crippen molar-refractivity contribution in [1.82, 2.24) is 14.7 Å². The van der Waals surface area contributed by atoms with Crippen LogP contribution >= 0.6 is 18.9 Å². The summed E-state index contributed by atoms with van der Waals surface area (Å²) < 4.78 is 81.4. The standard InChI is InChI=1S/C28H29FN7O7PS2/c1-18-23-12-24(40-10-2-8-30)26(41-11-3-9-31)25(29)27(23)45-28(18)46(38,39)36-17-44(37,42-21-6-4-19(13-32)34-15-21)43-22-7-5-20(14-33)35-16-22/h4-7,12,15-16,36H,2-3,8-11,17,30-31H2,1H3. The predicted molar refractivity (Wildman–Crippen MR) is 167 cm³/mol. The van der Waals surface area contributed by atoms with Crippen LogP contribution in [0.4, 0.5) is 4.39 Å². The summed E-state index contributed by atoms with van der Waals surface area (Å²) in [5.41, 5.74) is 11.4. The molecule has 18 heteroatoms. The Morgan fingerprint density at radius 2 is 1.54 bits per heavy atom. The molecule has 0 aliphatic carbocycles. The van der Waals surface area contributed by atoms with Gasteiger partial charge in [0.05, 0.1) is 30.3 Å². The third-order valence-electron chi connectivity index (χ3n) is 6.13. The van der Waals surface area contributed by atoms with Crippen molar-refractivity contribution in [3.05, 3.63) is 65.5 Å². The number of nitrogens with one attached hydrogen (secondary N) is 1. The Balaban J connectivity index is 1.67. The first-order valence-corrected chi connectivity index (χ1v) is 17.7. The quantitative estimate of drug-likeness (QED) is 0.112. The number of ether oxygens (including phenoxy) is 2. The van der Waals surface area contributed by atoms with Gasteiger partial charge in [0.1, 0.15) is 45.5 Å². The minimum absolute atomic E-state index is 0.00907. The third kappa shape index (κ3) is 8.27. The van der Waals surface area contributed by atoms with Crippen LogP contribution in [0.1, 0.15) is 29.8 Å². The number of aromatic nitrogens is 2. The highest BCUT2D eigenvalue weighted by Crippen LogP contribution is 2.48. The normalized spacial score (nSPS) is 11.5. The van der Waals surface area contributed by atoms with E-state index in [-0.39, 0.29) is 67.5 Å². The van der Waals surface area contributed by atoms with Gasteiger partial charge in [0.2, 0.25) is 0 Å². The Labute approximate surface area is 268 Å². The molecule has 1 aromatic carbocycles. The number of hydrogen-bond donors (Lipinski definition) is 3. The fourth-order valence-corrected chi connectivity index (χ4v) is 8.70. The SMILES string of the molecule is Cc1c(S(=O)(=O)NCP(=O)(Oc2ccc(C#N)nc2)Oc2ccc(C#N)nc2)sc2c(F)c(OCCCN)c(OCCCN)cc12. The highest BCUT2D eigenvalue weighted by atomic mass is 32.2. The van der Waals surface area contributed by atoms with Crippen LogP contribution in [0.15, 0.2) is 46.9 Å². The van der Waals surface area contributed by atoms with Crippen molar-refractivity contribution in [3.8, 4) is 35.1 Å². The fourth-order valence-electron chi connectivity index (χ4n) is 3.91. The maximum absolute atomic E-state index is 15.8. The van der Waals surface area contributed by atoms with Crippen molar-refractivity contribution >= 4 is 39.0 Å². The van der Waals surface area contributed by atoms with Gasteiger partial charge in [-0.25, -0.2) is 27.3 Å². The van der Waals surface area contributed by atoms with Gasteiger partial charge >= 0.3 is 7.60 Å². The molecule has 46 heavy (non-hydrogen) atoms. The van der Waals surface area contributed by atoms with E-state index in [4.69, 9.17) is 40.5 Å². The molecule has 0 amide bonds. The highest BCUT2D eigenvalue weighted by molar-refractivity contribution is 7.92. The number of thiophene rings is 1. The van der Waals surface area contributed by atoms with Crippen LogP contribution < -0.4 is 34.7 Å². The molecule has 0 saturated carbocycles.